The number of pyridine rings is 2. The van der Waals surface area contributed by atoms with Crippen molar-refractivity contribution in [2.75, 3.05) is 18.4 Å². The first-order chi connectivity index (χ1) is 13.5. The number of alkyl halides is 2. The van der Waals surface area contributed by atoms with Gasteiger partial charge in [0.15, 0.2) is 17.5 Å². The van der Waals surface area contributed by atoms with Crippen LogP contribution in [0.5, 0.6) is 5.75 Å². The fourth-order valence-electron chi connectivity index (χ4n) is 3.23. The number of ether oxygens (including phenoxy) is 1. The van der Waals surface area contributed by atoms with Crippen LogP contribution in [-0.2, 0) is 0 Å². The number of hydrogen-bond acceptors (Lipinski definition) is 5. The van der Waals surface area contributed by atoms with Crippen LogP contribution in [-0.4, -0.2) is 40.1 Å². The quantitative estimate of drug-likeness (QED) is 0.648. The number of piperidine rings is 1. The first-order valence-electron chi connectivity index (χ1n) is 8.77. The molecule has 0 aromatic carbocycles. The Labute approximate surface area is 157 Å². The average Bonchev–Trinajstić information content (AvgIpc) is 3.07. The maximum absolute atomic E-state index is 14.4. The lowest BCUT2D eigenvalue weighted by molar-refractivity contribution is -0.0498. The Balaban J connectivity index is 1.69. The van der Waals surface area contributed by atoms with Gasteiger partial charge in [0.25, 0.3) is 0 Å². The minimum absolute atomic E-state index is 0.00898. The SMILES string of the molecule is Fc1cc(F)c(-c2cnc3cc(OC(F)F)ccn23)nc1N[C@H]1CCCNC1. The van der Waals surface area contributed by atoms with Crippen LogP contribution in [0.1, 0.15) is 12.8 Å². The van der Waals surface area contributed by atoms with Crippen LogP contribution in [0.4, 0.5) is 23.4 Å². The van der Waals surface area contributed by atoms with Gasteiger partial charge in [-0.25, -0.2) is 18.7 Å². The van der Waals surface area contributed by atoms with E-state index in [4.69, 9.17) is 0 Å². The van der Waals surface area contributed by atoms with Gasteiger partial charge in [-0.1, -0.05) is 0 Å². The minimum Gasteiger partial charge on any atom is -0.435 e. The van der Waals surface area contributed by atoms with Crippen LogP contribution in [0.15, 0.2) is 30.6 Å². The van der Waals surface area contributed by atoms with Gasteiger partial charge < -0.3 is 15.4 Å². The molecule has 148 valence electrons. The predicted molar refractivity (Wildman–Crippen MR) is 94.5 cm³/mol. The van der Waals surface area contributed by atoms with Gasteiger partial charge in [0.05, 0.1) is 11.9 Å². The molecule has 0 bridgehead atoms. The van der Waals surface area contributed by atoms with Gasteiger partial charge in [-0.05, 0) is 25.5 Å². The van der Waals surface area contributed by atoms with Crippen molar-refractivity contribution in [3.8, 4) is 17.1 Å². The lowest BCUT2D eigenvalue weighted by Crippen LogP contribution is -2.38. The van der Waals surface area contributed by atoms with E-state index in [0.29, 0.717) is 6.54 Å². The van der Waals surface area contributed by atoms with E-state index in [0.717, 1.165) is 25.5 Å². The Morgan fingerprint density at radius 2 is 2.11 bits per heavy atom. The molecule has 0 unspecified atom stereocenters. The number of halogens is 4. The summed E-state index contributed by atoms with van der Waals surface area (Å²) in [6.45, 7) is -1.39. The van der Waals surface area contributed by atoms with Crippen molar-refractivity contribution in [1.29, 1.82) is 0 Å². The zero-order valence-corrected chi connectivity index (χ0v) is 14.6. The maximum atomic E-state index is 14.4. The summed E-state index contributed by atoms with van der Waals surface area (Å²) in [4.78, 5) is 8.21. The molecule has 1 fully saturated rings. The molecule has 1 atom stereocenters. The van der Waals surface area contributed by atoms with Gasteiger partial charge >= 0.3 is 6.61 Å². The average molecular weight is 395 g/mol. The van der Waals surface area contributed by atoms with Crippen LogP contribution in [0, 0.1) is 11.6 Å². The molecule has 1 saturated heterocycles. The molecular formula is C18H17F4N5O. The predicted octanol–water partition coefficient (Wildman–Crippen LogP) is 3.44. The van der Waals surface area contributed by atoms with E-state index in [9.17, 15) is 17.6 Å². The van der Waals surface area contributed by atoms with Crippen molar-refractivity contribution < 1.29 is 22.3 Å². The molecule has 0 saturated carbocycles. The van der Waals surface area contributed by atoms with E-state index in [1.807, 2.05) is 0 Å². The molecule has 4 heterocycles. The maximum Gasteiger partial charge on any atom is 0.387 e. The highest BCUT2D eigenvalue weighted by Gasteiger charge is 2.20. The molecule has 1 aliphatic rings. The summed E-state index contributed by atoms with van der Waals surface area (Å²) in [5.74, 6) is -1.75. The van der Waals surface area contributed by atoms with Crippen molar-refractivity contribution in [1.82, 2.24) is 19.7 Å². The summed E-state index contributed by atoms with van der Waals surface area (Å²) < 4.78 is 59.2. The molecule has 0 radical (unpaired) electrons. The molecule has 3 aromatic heterocycles. The Morgan fingerprint density at radius 3 is 2.86 bits per heavy atom. The van der Waals surface area contributed by atoms with Crippen LogP contribution >= 0.6 is 0 Å². The monoisotopic (exact) mass is 395 g/mol. The smallest absolute Gasteiger partial charge is 0.387 e. The first kappa shape index (κ1) is 18.5. The molecule has 6 nitrogen and oxygen atoms in total. The van der Waals surface area contributed by atoms with Crippen LogP contribution in [0.25, 0.3) is 17.0 Å². The highest BCUT2D eigenvalue weighted by atomic mass is 19.3. The van der Waals surface area contributed by atoms with E-state index >= 15 is 0 Å². The number of fused-ring (bicyclic) bond motifs is 1. The third-order valence-electron chi connectivity index (χ3n) is 4.52. The molecule has 0 amide bonds. The Bertz CT molecular complexity index is 988. The largest absolute Gasteiger partial charge is 0.435 e. The molecule has 0 aliphatic carbocycles. The Hall–Kier alpha value is -2.88. The highest BCUT2D eigenvalue weighted by Crippen LogP contribution is 2.27. The minimum atomic E-state index is -2.96. The van der Waals surface area contributed by atoms with Gasteiger partial charge in [-0.3, -0.25) is 4.40 Å². The van der Waals surface area contributed by atoms with E-state index in [2.05, 4.69) is 25.3 Å². The first-order valence-corrected chi connectivity index (χ1v) is 8.77. The summed E-state index contributed by atoms with van der Waals surface area (Å²) in [6, 6.07) is 3.36. The molecule has 0 spiro atoms. The topological polar surface area (TPSA) is 63.5 Å². The number of hydrogen-bond donors (Lipinski definition) is 2. The van der Waals surface area contributed by atoms with Crippen molar-refractivity contribution in [3.63, 3.8) is 0 Å². The molecular weight excluding hydrogens is 378 g/mol. The standard InChI is InChI=1S/C18H17F4N5O/c19-12-7-13(20)17(25-10-2-1-4-23-8-10)26-16(12)14-9-24-15-6-11(28-18(21)22)3-5-27(14)15/h3,5-7,9-10,18,23H,1-2,4,8H2,(H,25,26)/t10-/m0/s1. The van der Waals surface area contributed by atoms with E-state index < -0.39 is 18.2 Å². The fourth-order valence-corrected chi connectivity index (χ4v) is 3.23. The normalized spacial score (nSPS) is 17.2. The number of rotatable bonds is 5. The van der Waals surface area contributed by atoms with E-state index in [-0.39, 0.29) is 34.6 Å². The molecule has 10 heteroatoms. The number of imidazole rings is 1. The second-order valence-corrected chi connectivity index (χ2v) is 6.45. The summed E-state index contributed by atoms with van der Waals surface area (Å²) in [6.07, 6.45) is 4.56. The Morgan fingerprint density at radius 1 is 1.25 bits per heavy atom. The van der Waals surface area contributed by atoms with Gasteiger partial charge in [0.2, 0.25) is 0 Å². The summed E-state index contributed by atoms with van der Waals surface area (Å²) in [5, 5.41) is 6.21. The van der Waals surface area contributed by atoms with E-state index in [1.54, 1.807) is 0 Å². The molecule has 3 aromatic rings. The van der Waals surface area contributed by atoms with Crippen molar-refractivity contribution >= 4 is 11.5 Å². The van der Waals surface area contributed by atoms with Crippen LogP contribution < -0.4 is 15.4 Å². The highest BCUT2D eigenvalue weighted by molar-refractivity contribution is 5.63. The summed E-state index contributed by atoms with van der Waals surface area (Å²) >= 11 is 0. The van der Waals surface area contributed by atoms with Gasteiger partial charge in [0.1, 0.15) is 17.1 Å². The Kier molecular flexibility index (Phi) is 5.03. The number of aromatic nitrogens is 3. The van der Waals surface area contributed by atoms with E-state index in [1.165, 1.54) is 28.9 Å². The van der Waals surface area contributed by atoms with Gasteiger partial charge in [-0.15, -0.1) is 0 Å². The molecule has 28 heavy (non-hydrogen) atoms. The van der Waals surface area contributed by atoms with Crippen molar-refractivity contribution in [3.05, 3.63) is 42.2 Å². The molecule has 4 rings (SSSR count). The lowest BCUT2D eigenvalue weighted by atomic mass is 10.1. The molecule has 2 N–H and O–H groups in total. The lowest BCUT2D eigenvalue weighted by Gasteiger charge is -2.24. The second kappa shape index (κ2) is 7.63. The fraction of sp³-hybridized carbons (Fsp3) is 0.333. The number of nitrogens with zero attached hydrogens (tertiary/aromatic N) is 3. The zero-order chi connectivity index (χ0) is 19.7. The van der Waals surface area contributed by atoms with Crippen LogP contribution in [0.3, 0.4) is 0 Å². The van der Waals surface area contributed by atoms with Gasteiger partial charge in [-0.2, -0.15) is 8.78 Å². The van der Waals surface area contributed by atoms with Crippen molar-refractivity contribution in [2.45, 2.75) is 25.5 Å². The third-order valence-corrected chi connectivity index (χ3v) is 4.52. The number of anilines is 1. The number of nitrogens with one attached hydrogen (secondary N) is 2. The van der Waals surface area contributed by atoms with Crippen molar-refractivity contribution in [2.24, 2.45) is 0 Å². The zero-order valence-electron chi connectivity index (χ0n) is 14.6. The summed E-state index contributed by atoms with van der Waals surface area (Å²) in [5.41, 5.74) is 0.438. The summed E-state index contributed by atoms with van der Waals surface area (Å²) in [7, 11) is 0. The van der Waals surface area contributed by atoms with Crippen LogP contribution in [0.2, 0.25) is 0 Å². The molecule has 1 aliphatic heterocycles. The second-order valence-electron chi connectivity index (χ2n) is 6.45. The third kappa shape index (κ3) is 3.72. The van der Waals surface area contributed by atoms with Gasteiger partial charge in [0, 0.05) is 30.9 Å².